The number of halogens is 4. The minimum absolute atomic E-state index is 0.0107. The number of Topliss-reactive ketones (excluding diaryl/α,β-unsaturated/α-hetero) is 2. The molecule has 2 aliphatic rings. The number of imide groups is 1. The van der Waals surface area contributed by atoms with Gasteiger partial charge in [-0.3, -0.25) is 14.4 Å². The number of carboxylic acid groups (broad SMARTS) is 1. The van der Waals surface area contributed by atoms with Crippen LogP contribution in [0.2, 0.25) is 0 Å². The number of benzene rings is 3. The number of hydrogen-bond acceptors (Lipinski definition) is 10. The minimum Gasteiger partial charge on any atom is -0.480 e. The number of nitrogens with one attached hydrogen (secondary N) is 1. The first-order chi connectivity index (χ1) is 27.8. The second kappa shape index (κ2) is 22.6. The molecule has 58 heavy (non-hydrogen) atoms. The number of likely N-dealkylation sites (tertiary alicyclic amines) is 1. The molecule has 1 saturated heterocycles. The summed E-state index contributed by atoms with van der Waals surface area (Å²) >= 11 is 23.2. The van der Waals surface area contributed by atoms with Crippen molar-refractivity contribution >= 4 is 93.4 Å². The molecule has 1 aliphatic carbocycles. The average molecular weight is 881 g/mol. The number of carbonyl (C=O) groups is 6. The Morgan fingerprint density at radius 1 is 0.724 bits per heavy atom. The highest BCUT2D eigenvalue weighted by Gasteiger charge is 2.42. The second-order valence-electron chi connectivity index (χ2n) is 13.6. The van der Waals surface area contributed by atoms with Gasteiger partial charge in [0.05, 0.1) is 6.04 Å². The molecule has 13 nitrogen and oxygen atoms in total. The summed E-state index contributed by atoms with van der Waals surface area (Å²) in [4.78, 5) is 77.8. The van der Waals surface area contributed by atoms with E-state index in [4.69, 9.17) is 61.0 Å². The number of aryl methyl sites for hydroxylation is 2. The van der Waals surface area contributed by atoms with Crippen LogP contribution >= 0.6 is 46.4 Å². The Bertz CT molecular complexity index is 1880. The van der Waals surface area contributed by atoms with E-state index in [1.807, 2.05) is 54.0 Å². The van der Waals surface area contributed by atoms with Crippen LogP contribution < -0.4 is 24.6 Å². The normalized spacial score (nSPS) is 17.6. The number of amides is 3. The Balaban J connectivity index is 0.000000267. The zero-order valence-electron chi connectivity index (χ0n) is 32.1. The molecule has 0 bridgehead atoms. The van der Waals surface area contributed by atoms with E-state index in [2.05, 4.69) is 5.32 Å². The number of aliphatic carboxylic acids is 1. The molecule has 312 valence electrons. The molecule has 1 saturated carbocycles. The fourth-order valence-corrected chi connectivity index (χ4v) is 7.59. The SMILES string of the molecule is Cc1cc(C)cc(C2C(=O)CC[C@H](NC(=O)Oc3ccc(N(CCCl)CCCl)cc3)C2=O)c1.O=C(O)[C@@H]1CCC(=O)N1C(=O)Oc1ccc(N(CCCl)CCCl)cc1. The Morgan fingerprint density at radius 2 is 1.21 bits per heavy atom. The number of carboxylic acids is 1. The Labute approximate surface area is 357 Å². The van der Waals surface area contributed by atoms with Crippen molar-refractivity contribution in [2.75, 3.05) is 59.5 Å². The molecule has 1 aliphatic heterocycles. The molecule has 17 heteroatoms. The van der Waals surface area contributed by atoms with Crippen molar-refractivity contribution < 1.29 is 43.3 Å². The predicted octanol–water partition coefficient (Wildman–Crippen LogP) is 7.31. The third kappa shape index (κ3) is 12.7. The van der Waals surface area contributed by atoms with Crippen LogP contribution in [0.3, 0.4) is 0 Å². The van der Waals surface area contributed by atoms with Gasteiger partial charge in [0.15, 0.2) is 5.78 Å². The Morgan fingerprint density at radius 3 is 1.67 bits per heavy atom. The van der Waals surface area contributed by atoms with Crippen molar-refractivity contribution in [3.05, 3.63) is 83.4 Å². The summed E-state index contributed by atoms with van der Waals surface area (Å²) in [6, 6.07) is 17.4. The lowest BCUT2D eigenvalue weighted by atomic mass is 9.78. The predicted molar refractivity (Wildman–Crippen MR) is 225 cm³/mol. The lowest BCUT2D eigenvalue weighted by Gasteiger charge is -2.28. The largest absolute Gasteiger partial charge is 0.480 e. The number of carbonyl (C=O) groups excluding carboxylic acids is 5. The van der Waals surface area contributed by atoms with E-state index in [-0.39, 0.29) is 43.0 Å². The smallest absolute Gasteiger partial charge is 0.422 e. The van der Waals surface area contributed by atoms with Crippen molar-refractivity contribution in [2.45, 2.75) is 57.5 Å². The minimum atomic E-state index is -1.23. The van der Waals surface area contributed by atoms with Gasteiger partial charge in [0.1, 0.15) is 29.2 Å². The summed E-state index contributed by atoms with van der Waals surface area (Å²) in [6.07, 6.45) is -1.13. The zero-order valence-corrected chi connectivity index (χ0v) is 35.2. The van der Waals surface area contributed by atoms with E-state index < -0.39 is 42.1 Å². The lowest BCUT2D eigenvalue weighted by molar-refractivity contribution is -0.144. The van der Waals surface area contributed by atoms with E-state index in [0.29, 0.717) is 65.9 Å². The molecule has 0 aromatic heterocycles. The summed E-state index contributed by atoms with van der Waals surface area (Å²) in [5.41, 5.74) is 4.43. The Kier molecular flexibility index (Phi) is 17.9. The van der Waals surface area contributed by atoms with Crippen molar-refractivity contribution in [1.29, 1.82) is 0 Å². The molecule has 2 fully saturated rings. The summed E-state index contributed by atoms with van der Waals surface area (Å²) in [5, 5.41) is 11.7. The monoisotopic (exact) mass is 878 g/mol. The van der Waals surface area contributed by atoms with Gasteiger partial charge in [0.25, 0.3) is 0 Å². The molecular formula is C41H46Cl4N4O9. The third-order valence-electron chi connectivity index (χ3n) is 9.43. The summed E-state index contributed by atoms with van der Waals surface area (Å²) in [5.74, 6) is -0.670. The first kappa shape index (κ1) is 46.1. The molecule has 3 aromatic rings. The van der Waals surface area contributed by atoms with E-state index in [9.17, 15) is 28.8 Å². The first-order valence-corrected chi connectivity index (χ1v) is 20.8. The van der Waals surface area contributed by atoms with Gasteiger partial charge in [0, 0.05) is 73.9 Å². The fraction of sp³-hybridized carbons (Fsp3) is 0.415. The van der Waals surface area contributed by atoms with Gasteiger partial charge in [-0.25, -0.2) is 19.3 Å². The molecule has 3 atom stereocenters. The number of ether oxygens (including phenoxy) is 2. The molecule has 0 spiro atoms. The van der Waals surface area contributed by atoms with Gasteiger partial charge < -0.3 is 29.7 Å². The number of ketones is 2. The highest BCUT2D eigenvalue weighted by molar-refractivity contribution is 6.19. The van der Waals surface area contributed by atoms with Crippen LogP contribution in [0.4, 0.5) is 21.0 Å². The first-order valence-electron chi connectivity index (χ1n) is 18.6. The third-order valence-corrected chi connectivity index (χ3v) is 10.1. The summed E-state index contributed by atoms with van der Waals surface area (Å²) in [7, 11) is 0. The number of hydrogen-bond donors (Lipinski definition) is 2. The number of nitrogens with zero attached hydrogens (tertiary/aromatic N) is 3. The molecular weight excluding hydrogens is 834 g/mol. The number of alkyl halides is 4. The van der Waals surface area contributed by atoms with Gasteiger partial charge in [-0.05, 0) is 80.8 Å². The molecule has 2 N–H and O–H groups in total. The van der Waals surface area contributed by atoms with Crippen LogP contribution in [0.15, 0.2) is 66.7 Å². The van der Waals surface area contributed by atoms with Crippen molar-refractivity contribution in [1.82, 2.24) is 10.2 Å². The molecule has 3 aromatic carbocycles. The second-order valence-corrected chi connectivity index (χ2v) is 15.1. The van der Waals surface area contributed by atoms with E-state index >= 15 is 0 Å². The fourth-order valence-electron chi connectivity index (χ4n) is 6.78. The van der Waals surface area contributed by atoms with Gasteiger partial charge in [0.2, 0.25) is 5.91 Å². The van der Waals surface area contributed by atoms with Crippen molar-refractivity contribution in [3.8, 4) is 11.5 Å². The van der Waals surface area contributed by atoms with Crippen LogP contribution in [-0.4, -0.2) is 107 Å². The zero-order chi connectivity index (χ0) is 42.4. The molecule has 0 radical (unpaired) electrons. The van der Waals surface area contributed by atoms with Crippen molar-refractivity contribution in [2.24, 2.45) is 0 Å². The molecule has 1 unspecified atom stereocenters. The van der Waals surface area contributed by atoms with E-state index in [1.54, 1.807) is 36.4 Å². The van der Waals surface area contributed by atoms with E-state index in [0.717, 1.165) is 22.5 Å². The van der Waals surface area contributed by atoms with Gasteiger partial charge >= 0.3 is 18.2 Å². The molecule has 1 heterocycles. The maximum absolute atomic E-state index is 13.1. The van der Waals surface area contributed by atoms with Crippen LogP contribution in [-0.2, 0) is 19.2 Å². The topological polar surface area (TPSA) is 163 Å². The van der Waals surface area contributed by atoms with E-state index in [1.165, 1.54) is 0 Å². The number of anilines is 2. The summed E-state index contributed by atoms with van der Waals surface area (Å²) in [6.45, 7) is 6.40. The standard InChI is InChI=1S/C25H28Cl2N2O4.C16H18Cl2N2O5/c1-16-13-17(2)15-18(14-16)23-22(30)8-7-21(24(23)31)28-25(32)33-20-5-3-19(4-6-20)29(11-9-26)12-10-27;17-7-9-19(10-8-18)11-1-3-12(4-2-11)25-16(24)20-13(15(22)23)5-6-14(20)21/h3-6,13-15,21,23H,7-12H2,1-2H3,(H,28,32);1-4,13H,5-10H2,(H,22,23)/t21-,23?;13-/m00/s1. The van der Waals surface area contributed by atoms with Crippen LogP contribution in [0, 0.1) is 13.8 Å². The van der Waals surface area contributed by atoms with Crippen molar-refractivity contribution in [3.63, 3.8) is 0 Å². The van der Waals surface area contributed by atoms with Gasteiger partial charge in [-0.15, -0.1) is 46.4 Å². The highest BCUT2D eigenvalue weighted by atomic mass is 35.5. The maximum Gasteiger partial charge on any atom is 0.422 e. The summed E-state index contributed by atoms with van der Waals surface area (Å²) < 4.78 is 10.5. The van der Waals surface area contributed by atoms with Crippen LogP contribution in [0.25, 0.3) is 0 Å². The maximum atomic E-state index is 13.1. The molecule has 5 rings (SSSR count). The highest BCUT2D eigenvalue weighted by Crippen LogP contribution is 2.30. The Hall–Kier alpha value is -4.56. The molecule has 3 amide bonds. The van der Waals surface area contributed by atoms with Gasteiger partial charge in [-0.1, -0.05) is 29.3 Å². The lowest BCUT2D eigenvalue weighted by Crippen LogP contribution is -2.48. The average Bonchev–Trinajstić information content (AvgIpc) is 3.58. The van der Waals surface area contributed by atoms with Gasteiger partial charge in [-0.2, -0.15) is 0 Å². The van der Waals surface area contributed by atoms with Crippen LogP contribution in [0.5, 0.6) is 11.5 Å². The van der Waals surface area contributed by atoms with Crippen LogP contribution in [0.1, 0.15) is 48.3 Å². The number of rotatable bonds is 15. The quantitative estimate of drug-likeness (QED) is 0.116.